The number of nitrogens with one attached hydrogen (secondary N) is 1. The van der Waals surface area contributed by atoms with Gasteiger partial charge in [0.05, 0.1) is 5.56 Å². The van der Waals surface area contributed by atoms with Crippen molar-refractivity contribution in [2.45, 2.75) is 31.6 Å². The summed E-state index contributed by atoms with van der Waals surface area (Å²) in [6.07, 6.45) is 1.72. The maximum absolute atomic E-state index is 12.8. The standard InChI is InChI=1S/C16H23N3O2S/c1-3-18-12-14-7-9-19(10-8-14)22(20,21)16-6-4-5-13(2)15(16)11-17/h4-6,14,18H,3,7-10,12H2,1-2H3. The van der Waals surface area contributed by atoms with Gasteiger partial charge in [-0.25, -0.2) is 8.42 Å². The van der Waals surface area contributed by atoms with Crippen LogP contribution in [0.2, 0.25) is 0 Å². The Morgan fingerprint density at radius 1 is 1.36 bits per heavy atom. The molecule has 1 saturated heterocycles. The second-order valence-electron chi connectivity index (χ2n) is 5.71. The lowest BCUT2D eigenvalue weighted by Gasteiger charge is -2.31. The van der Waals surface area contributed by atoms with Crippen LogP contribution in [0.15, 0.2) is 23.1 Å². The highest BCUT2D eigenvalue weighted by Crippen LogP contribution is 2.26. The smallest absolute Gasteiger partial charge is 0.244 e. The number of nitrogens with zero attached hydrogens (tertiary/aromatic N) is 2. The van der Waals surface area contributed by atoms with Crippen LogP contribution in [0.3, 0.4) is 0 Å². The number of nitriles is 1. The molecule has 120 valence electrons. The minimum absolute atomic E-state index is 0.139. The molecule has 1 aliphatic rings. The Morgan fingerprint density at radius 3 is 2.64 bits per heavy atom. The molecule has 1 heterocycles. The van der Waals surface area contributed by atoms with E-state index in [1.807, 2.05) is 6.07 Å². The van der Waals surface area contributed by atoms with Gasteiger partial charge in [0.1, 0.15) is 11.0 Å². The highest BCUT2D eigenvalue weighted by Gasteiger charge is 2.31. The summed E-state index contributed by atoms with van der Waals surface area (Å²) in [5.74, 6) is 0.527. The van der Waals surface area contributed by atoms with Gasteiger partial charge in [0.15, 0.2) is 0 Å². The zero-order valence-corrected chi connectivity index (χ0v) is 14.0. The van der Waals surface area contributed by atoms with E-state index in [1.54, 1.807) is 19.1 Å². The average Bonchev–Trinajstić information content (AvgIpc) is 2.53. The van der Waals surface area contributed by atoms with E-state index in [0.29, 0.717) is 24.6 Å². The van der Waals surface area contributed by atoms with Crippen LogP contribution in [0, 0.1) is 24.2 Å². The Labute approximate surface area is 133 Å². The fourth-order valence-corrected chi connectivity index (χ4v) is 4.53. The fourth-order valence-electron chi connectivity index (χ4n) is 2.84. The molecule has 22 heavy (non-hydrogen) atoms. The van der Waals surface area contributed by atoms with Crippen molar-refractivity contribution in [3.05, 3.63) is 29.3 Å². The number of benzene rings is 1. The molecule has 0 aromatic heterocycles. The second-order valence-corrected chi connectivity index (χ2v) is 7.62. The van der Waals surface area contributed by atoms with Gasteiger partial charge < -0.3 is 5.32 Å². The number of aryl methyl sites for hydroxylation is 1. The first-order valence-corrected chi connectivity index (χ1v) is 9.15. The summed E-state index contributed by atoms with van der Waals surface area (Å²) in [6.45, 7) is 6.76. The van der Waals surface area contributed by atoms with E-state index < -0.39 is 10.0 Å². The first kappa shape index (κ1) is 16.9. The predicted molar refractivity (Wildman–Crippen MR) is 85.9 cm³/mol. The molecule has 1 aromatic rings. The van der Waals surface area contributed by atoms with Gasteiger partial charge in [-0.05, 0) is 50.4 Å². The van der Waals surface area contributed by atoms with E-state index >= 15 is 0 Å². The van der Waals surface area contributed by atoms with Crippen LogP contribution in [0.25, 0.3) is 0 Å². The van der Waals surface area contributed by atoms with Crippen molar-refractivity contribution in [1.82, 2.24) is 9.62 Å². The molecule has 0 saturated carbocycles. The maximum Gasteiger partial charge on any atom is 0.244 e. The minimum atomic E-state index is -3.58. The van der Waals surface area contributed by atoms with Gasteiger partial charge in [-0.15, -0.1) is 0 Å². The lowest BCUT2D eigenvalue weighted by Crippen LogP contribution is -2.41. The van der Waals surface area contributed by atoms with Gasteiger partial charge in [-0.3, -0.25) is 0 Å². The molecule has 1 aliphatic heterocycles. The van der Waals surface area contributed by atoms with Crippen molar-refractivity contribution >= 4 is 10.0 Å². The first-order valence-electron chi connectivity index (χ1n) is 7.71. The largest absolute Gasteiger partial charge is 0.317 e. The van der Waals surface area contributed by atoms with Gasteiger partial charge in [0, 0.05) is 13.1 Å². The van der Waals surface area contributed by atoms with Crippen LogP contribution in [-0.4, -0.2) is 38.9 Å². The normalized spacial score (nSPS) is 17.3. The Bertz CT molecular complexity index is 656. The molecule has 0 radical (unpaired) electrons. The second kappa shape index (κ2) is 7.23. The molecule has 6 heteroatoms. The average molecular weight is 321 g/mol. The third kappa shape index (κ3) is 3.49. The van der Waals surface area contributed by atoms with Crippen molar-refractivity contribution in [2.24, 2.45) is 5.92 Å². The van der Waals surface area contributed by atoms with Crippen LogP contribution >= 0.6 is 0 Å². The summed E-state index contributed by atoms with van der Waals surface area (Å²) < 4.78 is 27.1. The molecule has 5 nitrogen and oxygen atoms in total. The Morgan fingerprint density at radius 2 is 2.05 bits per heavy atom. The number of piperidine rings is 1. The highest BCUT2D eigenvalue weighted by atomic mass is 32.2. The fraction of sp³-hybridized carbons (Fsp3) is 0.562. The van der Waals surface area contributed by atoms with E-state index in [0.717, 1.165) is 25.9 Å². The summed E-state index contributed by atoms with van der Waals surface area (Å²) in [5, 5.41) is 12.6. The lowest BCUT2D eigenvalue weighted by molar-refractivity contribution is 0.268. The van der Waals surface area contributed by atoms with Crippen LogP contribution in [0.5, 0.6) is 0 Å². The molecule has 0 bridgehead atoms. The minimum Gasteiger partial charge on any atom is -0.317 e. The van der Waals surface area contributed by atoms with E-state index in [4.69, 9.17) is 0 Å². The van der Waals surface area contributed by atoms with Gasteiger partial charge in [0.2, 0.25) is 10.0 Å². The summed E-state index contributed by atoms with van der Waals surface area (Å²) >= 11 is 0. The Balaban J connectivity index is 2.16. The monoisotopic (exact) mass is 321 g/mol. The molecule has 1 fully saturated rings. The highest BCUT2D eigenvalue weighted by molar-refractivity contribution is 7.89. The summed E-state index contributed by atoms with van der Waals surface area (Å²) in [4.78, 5) is 0.139. The van der Waals surface area contributed by atoms with Crippen molar-refractivity contribution in [1.29, 1.82) is 5.26 Å². The van der Waals surface area contributed by atoms with Crippen LogP contribution < -0.4 is 5.32 Å². The molecule has 1 N–H and O–H groups in total. The maximum atomic E-state index is 12.8. The molecule has 0 amide bonds. The van der Waals surface area contributed by atoms with Crippen LogP contribution in [-0.2, 0) is 10.0 Å². The molecular weight excluding hydrogens is 298 g/mol. The molecule has 0 unspecified atom stereocenters. The molecule has 0 spiro atoms. The summed E-state index contributed by atoms with van der Waals surface area (Å²) in [6, 6.07) is 7.02. The molecule has 1 aromatic carbocycles. The zero-order valence-electron chi connectivity index (χ0n) is 13.2. The van der Waals surface area contributed by atoms with Gasteiger partial charge in [0.25, 0.3) is 0 Å². The molecular formula is C16H23N3O2S. The van der Waals surface area contributed by atoms with Gasteiger partial charge in [-0.2, -0.15) is 9.57 Å². The van der Waals surface area contributed by atoms with Crippen molar-refractivity contribution in [3.8, 4) is 6.07 Å². The first-order chi connectivity index (χ1) is 10.5. The van der Waals surface area contributed by atoms with E-state index in [9.17, 15) is 13.7 Å². The van der Waals surface area contributed by atoms with E-state index in [2.05, 4.69) is 12.2 Å². The zero-order chi connectivity index (χ0) is 16.2. The number of rotatable bonds is 5. The number of hydrogen-bond acceptors (Lipinski definition) is 4. The Hall–Kier alpha value is -1.42. The predicted octanol–water partition coefficient (Wildman–Crippen LogP) is 1.88. The van der Waals surface area contributed by atoms with Crippen molar-refractivity contribution in [2.75, 3.05) is 26.2 Å². The third-order valence-electron chi connectivity index (χ3n) is 4.22. The number of sulfonamides is 1. The van der Waals surface area contributed by atoms with Gasteiger partial charge >= 0.3 is 0 Å². The van der Waals surface area contributed by atoms with E-state index in [-0.39, 0.29) is 10.5 Å². The van der Waals surface area contributed by atoms with Gasteiger partial charge in [-0.1, -0.05) is 19.1 Å². The van der Waals surface area contributed by atoms with Crippen molar-refractivity contribution < 1.29 is 8.42 Å². The summed E-state index contributed by atoms with van der Waals surface area (Å²) in [5.41, 5.74) is 0.961. The van der Waals surface area contributed by atoms with Crippen molar-refractivity contribution in [3.63, 3.8) is 0 Å². The molecule has 2 rings (SSSR count). The molecule has 0 atom stereocenters. The summed E-state index contributed by atoms with van der Waals surface area (Å²) in [7, 11) is -3.58. The lowest BCUT2D eigenvalue weighted by atomic mass is 9.98. The molecule has 0 aliphatic carbocycles. The van der Waals surface area contributed by atoms with Crippen LogP contribution in [0.4, 0.5) is 0 Å². The Kier molecular flexibility index (Phi) is 5.57. The number of hydrogen-bond donors (Lipinski definition) is 1. The van der Waals surface area contributed by atoms with Crippen LogP contribution in [0.1, 0.15) is 30.9 Å². The topological polar surface area (TPSA) is 73.2 Å². The third-order valence-corrected chi connectivity index (χ3v) is 6.16. The quantitative estimate of drug-likeness (QED) is 0.898. The van der Waals surface area contributed by atoms with E-state index in [1.165, 1.54) is 10.4 Å². The SMILES string of the molecule is CCNCC1CCN(S(=O)(=O)c2cccc(C)c2C#N)CC1.